The van der Waals surface area contributed by atoms with Crippen LogP contribution in [0.5, 0.6) is 11.5 Å². The van der Waals surface area contributed by atoms with Gasteiger partial charge in [0.25, 0.3) is 5.91 Å². The van der Waals surface area contributed by atoms with Crippen LogP contribution >= 0.6 is 0 Å². The highest BCUT2D eigenvalue weighted by Crippen LogP contribution is 2.37. The van der Waals surface area contributed by atoms with Gasteiger partial charge in [-0.05, 0) is 49.4 Å². The Morgan fingerprint density at radius 3 is 2.30 bits per heavy atom. The maximum absolute atomic E-state index is 13.1. The van der Waals surface area contributed by atoms with E-state index in [1.807, 2.05) is 0 Å². The fourth-order valence-electron chi connectivity index (χ4n) is 3.27. The van der Waals surface area contributed by atoms with Crippen LogP contribution < -0.4 is 25.4 Å². The molecule has 3 aromatic rings. The molecule has 1 heterocycles. The number of benzene rings is 3. The van der Waals surface area contributed by atoms with Gasteiger partial charge in [0, 0.05) is 23.0 Å². The summed E-state index contributed by atoms with van der Waals surface area (Å²) in [4.78, 5) is 37.2. The average molecular weight is 449 g/mol. The van der Waals surface area contributed by atoms with Crippen LogP contribution in [-0.4, -0.2) is 30.9 Å². The lowest BCUT2D eigenvalue weighted by Gasteiger charge is -2.14. The molecule has 168 valence electrons. The first-order chi connectivity index (χ1) is 15.9. The van der Waals surface area contributed by atoms with E-state index < -0.39 is 17.6 Å². The first kappa shape index (κ1) is 21.8. The second-order valence-electron chi connectivity index (χ2n) is 7.22. The number of hydrogen-bond donors (Lipinski definition) is 3. The zero-order chi connectivity index (χ0) is 23.4. The molecule has 2 amide bonds. The molecular weight excluding hydrogens is 429 g/mol. The molecule has 0 spiro atoms. The number of anilines is 3. The van der Waals surface area contributed by atoms with Crippen molar-refractivity contribution in [1.29, 1.82) is 0 Å². The van der Waals surface area contributed by atoms with E-state index in [0.29, 0.717) is 39.7 Å². The summed E-state index contributed by atoms with van der Waals surface area (Å²) in [6.07, 6.45) is 0. The summed E-state index contributed by atoms with van der Waals surface area (Å²) in [5, 5.41) is 8.32. The molecule has 0 radical (unpaired) electrons. The van der Waals surface area contributed by atoms with Gasteiger partial charge in [0.05, 0.1) is 17.8 Å². The van der Waals surface area contributed by atoms with E-state index in [0.717, 1.165) is 0 Å². The van der Waals surface area contributed by atoms with Crippen LogP contribution in [0.2, 0.25) is 0 Å². The van der Waals surface area contributed by atoms with Gasteiger partial charge in [-0.3, -0.25) is 14.4 Å². The number of rotatable bonds is 7. The van der Waals surface area contributed by atoms with Crippen LogP contribution in [0.15, 0.2) is 60.7 Å². The molecule has 4 rings (SSSR count). The minimum Gasteiger partial charge on any atom is -0.454 e. The molecule has 1 aliphatic rings. The molecule has 1 aliphatic heterocycles. The summed E-state index contributed by atoms with van der Waals surface area (Å²) in [5.41, 5.74) is 1.79. The molecule has 0 fully saturated rings. The number of ether oxygens (including phenoxy) is 2. The van der Waals surface area contributed by atoms with Gasteiger partial charge in [0.1, 0.15) is 5.82 Å². The van der Waals surface area contributed by atoms with Gasteiger partial charge in [-0.2, -0.15) is 0 Å². The molecule has 9 heteroatoms. The smallest absolute Gasteiger partial charge is 0.257 e. The van der Waals surface area contributed by atoms with E-state index in [1.54, 1.807) is 30.3 Å². The maximum atomic E-state index is 13.1. The fourth-order valence-corrected chi connectivity index (χ4v) is 3.27. The Morgan fingerprint density at radius 2 is 1.58 bits per heavy atom. The standard InChI is InChI=1S/C24H20FN3O5/c1-14(29)18-10-21-22(33-13-32-21)11-20(18)28-23(30)12-26-19-5-3-2-4-17(19)24(31)27-16-8-6-15(25)7-9-16/h2-11,26H,12-13H2,1H3,(H,27,31)(H,28,30). The van der Waals surface area contributed by atoms with E-state index in [2.05, 4.69) is 16.0 Å². The van der Waals surface area contributed by atoms with E-state index in [4.69, 9.17) is 9.47 Å². The molecule has 0 atom stereocenters. The minimum atomic E-state index is -0.426. The van der Waals surface area contributed by atoms with Crippen LogP contribution in [0.25, 0.3) is 0 Å². The van der Waals surface area contributed by atoms with Gasteiger partial charge in [0.2, 0.25) is 12.7 Å². The molecule has 0 aromatic heterocycles. The summed E-state index contributed by atoms with van der Waals surface area (Å²) in [7, 11) is 0. The highest BCUT2D eigenvalue weighted by atomic mass is 19.1. The number of amides is 2. The second kappa shape index (κ2) is 9.39. The highest BCUT2D eigenvalue weighted by molar-refractivity contribution is 6.09. The molecule has 3 aromatic carbocycles. The Hall–Kier alpha value is -4.40. The first-order valence-electron chi connectivity index (χ1n) is 10.0. The van der Waals surface area contributed by atoms with Crippen LogP contribution in [0.1, 0.15) is 27.6 Å². The number of halogens is 1. The predicted octanol–water partition coefficient (Wildman–Crippen LogP) is 4.06. The number of Topliss-reactive ketones (excluding diaryl/α,β-unsaturated/α-hetero) is 1. The normalized spacial score (nSPS) is 11.6. The third-order valence-corrected chi connectivity index (χ3v) is 4.88. The number of nitrogens with one attached hydrogen (secondary N) is 3. The molecule has 0 aliphatic carbocycles. The van der Waals surface area contributed by atoms with E-state index in [-0.39, 0.29) is 19.1 Å². The first-order valence-corrected chi connectivity index (χ1v) is 10.0. The van der Waals surface area contributed by atoms with Crippen molar-refractivity contribution in [3.05, 3.63) is 77.6 Å². The average Bonchev–Trinajstić information content (AvgIpc) is 3.26. The van der Waals surface area contributed by atoms with Crippen molar-refractivity contribution in [3.63, 3.8) is 0 Å². The van der Waals surface area contributed by atoms with Gasteiger partial charge in [-0.15, -0.1) is 0 Å². The van der Waals surface area contributed by atoms with Crippen LogP contribution in [0.3, 0.4) is 0 Å². The van der Waals surface area contributed by atoms with E-state index in [9.17, 15) is 18.8 Å². The summed E-state index contributed by atoms with van der Waals surface area (Å²) < 4.78 is 23.7. The largest absolute Gasteiger partial charge is 0.454 e. The summed E-state index contributed by atoms with van der Waals surface area (Å²) >= 11 is 0. The molecular formula is C24H20FN3O5. The van der Waals surface area contributed by atoms with Gasteiger partial charge in [-0.25, -0.2) is 4.39 Å². The van der Waals surface area contributed by atoms with Gasteiger partial charge in [-0.1, -0.05) is 12.1 Å². The Morgan fingerprint density at radius 1 is 0.879 bits per heavy atom. The molecule has 8 nitrogen and oxygen atoms in total. The summed E-state index contributed by atoms with van der Waals surface area (Å²) in [5.74, 6) is -0.607. The number of carbonyl (C=O) groups is 3. The Balaban J connectivity index is 1.44. The van der Waals surface area contributed by atoms with Crippen LogP contribution in [0.4, 0.5) is 21.5 Å². The van der Waals surface area contributed by atoms with Gasteiger partial charge >= 0.3 is 0 Å². The zero-order valence-electron chi connectivity index (χ0n) is 17.6. The molecule has 3 N–H and O–H groups in total. The number of hydrogen-bond acceptors (Lipinski definition) is 6. The predicted molar refractivity (Wildman–Crippen MR) is 120 cm³/mol. The quantitative estimate of drug-likeness (QED) is 0.470. The lowest BCUT2D eigenvalue weighted by atomic mass is 10.1. The third kappa shape index (κ3) is 5.09. The van der Waals surface area contributed by atoms with Crippen molar-refractivity contribution >= 4 is 34.7 Å². The summed E-state index contributed by atoms with van der Waals surface area (Å²) in [6.45, 7) is 1.27. The number of para-hydroxylation sites is 1. The molecule has 33 heavy (non-hydrogen) atoms. The zero-order valence-corrected chi connectivity index (χ0v) is 17.6. The minimum absolute atomic E-state index is 0.0441. The van der Waals surface area contributed by atoms with Gasteiger partial charge < -0.3 is 25.4 Å². The van der Waals surface area contributed by atoms with Crippen molar-refractivity contribution in [2.75, 3.05) is 29.3 Å². The monoisotopic (exact) mass is 449 g/mol. The van der Waals surface area contributed by atoms with E-state index in [1.165, 1.54) is 37.3 Å². The highest BCUT2D eigenvalue weighted by Gasteiger charge is 2.20. The Labute approximate surface area is 188 Å². The van der Waals surface area contributed by atoms with Crippen molar-refractivity contribution < 1.29 is 28.2 Å². The van der Waals surface area contributed by atoms with Crippen molar-refractivity contribution in [2.45, 2.75) is 6.92 Å². The Kier molecular flexibility index (Phi) is 6.21. The SMILES string of the molecule is CC(=O)c1cc2c(cc1NC(=O)CNc1ccccc1C(=O)Nc1ccc(F)cc1)OCO2. The lowest BCUT2D eigenvalue weighted by molar-refractivity contribution is -0.114. The topological polar surface area (TPSA) is 106 Å². The fraction of sp³-hybridized carbons (Fsp3) is 0.125. The number of carbonyl (C=O) groups excluding carboxylic acids is 3. The number of fused-ring (bicyclic) bond motifs is 1. The summed E-state index contributed by atoms with van der Waals surface area (Å²) in [6, 6.07) is 15.1. The third-order valence-electron chi connectivity index (χ3n) is 4.88. The maximum Gasteiger partial charge on any atom is 0.257 e. The Bertz CT molecular complexity index is 1230. The van der Waals surface area contributed by atoms with Gasteiger partial charge in [0.15, 0.2) is 17.3 Å². The molecule has 0 saturated carbocycles. The van der Waals surface area contributed by atoms with E-state index >= 15 is 0 Å². The molecule has 0 bridgehead atoms. The number of ketones is 1. The van der Waals surface area contributed by atoms with Crippen molar-refractivity contribution in [2.24, 2.45) is 0 Å². The molecule has 0 saturated heterocycles. The van der Waals surface area contributed by atoms with Crippen LogP contribution in [-0.2, 0) is 4.79 Å². The second-order valence-corrected chi connectivity index (χ2v) is 7.22. The van der Waals surface area contributed by atoms with Crippen LogP contribution in [0, 0.1) is 5.82 Å². The van der Waals surface area contributed by atoms with Crippen molar-refractivity contribution in [3.8, 4) is 11.5 Å². The van der Waals surface area contributed by atoms with Crippen molar-refractivity contribution in [1.82, 2.24) is 0 Å². The molecule has 0 unspecified atom stereocenters. The lowest BCUT2D eigenvalue weighted by Crippen LogP contribution is -2.24.